The first-order valence-corrected chi connectivity index (χ1v) is 6.10. The maximum absolute atomic E-state index is 9.83. The number of nitrogens with zero attached hydrogens (tertiary/aromatic N) is 1. The molecule has 4 heteroatoms. The van der Waals surface area contributed by atoms with Gasteiger partial charge in [-0.3, -0.25) is 0 Å². The van der Waals surface area contributed by atoms with Crippen molar-refractivity contribution in [2.75, 3.05) is 27.8 Å². The summed E-state index contributed by atoms with van der Waals surface area (Å²) in [4.78, 5) is 2.23. The summed E-state index contributed by atoms with van der Waals surface area (Å²) in [5.74, 6) is 1.57. The van der Waals surface area contributed by atoms with E-state index in [0.717, 1.165) is 18.7 Å². The van der Waals surface area contributed by atoms with Crippen molar-refractivity contribution in [3.8, 4) is 17.2 Å². The van der Waals surface area contributed by atoms with E-state index in [1.807, 2.05) is 12.1 Å². The largest absolute Gasteiger partial charge is 0.502 e. The molecule has 18 heavy (non-hydrogen) atoms. The van der Waals surface area contributed by atoms with Gasteiger partial charge in [0.1, 0.15) is 0 Å². The van der Waals surface area contributed by atoms with E-state index in [-0.39, 0.29) is 5.75 Å². The van der Waals surface area contributed by atoms with Gasteiger partial charge in [0.2, 0.25) is 5.75 Å². The summed E-state index contributed by atoms with van der Waals surface area (Å²) in [5.41, 5.74) is 1.06. The molecule has 0 bridgehead atoms. The van der Waals surface area contributed by atoms with Crippen LogP contribution in [0.25, 0.3) is 0 Å². The zero-order valence-corrected chi connectivity index (χ0v) is 11.9. The van der Waals surface area contributed by atoms with Gasteiger partial charge in [0, 0.05) is 13.1 Å². The molecule has 0 fully saturated rings. The van der Waals surface area contributed by atoms with Gasteiger partial charge in [0.05, 0.1) is 14.2 Å². The van der Waals surface area contributed by atoms with Crippen LogP contribution in [-0.2, 0) is 6.54 Å². The standard InChI is InChI=1S/C14H23NO3/c1-10(2)8-15(3)9-11-6-12(17-4)14(16)13(7-11)18-5/h6-7,10,16H,8-9H2,1-5H3. The van der Waals surface area contributed by atoms with Crippen molar-refractivity contribution >= 4 is 0 Å². The quantitative estimate of drug-likeness (QED) is 0.845. The zero-order valence-electron chi connectivity index (χ0n) is 11.9. The van der Waals surface area contributed by atoms with Crippen molar-refractivity contribution in [3.05, 3.63) is 17.7 Å². The Hall–Kier alpha value is -1.42. The Morgan fingerprint density at radius 2 is 1.67 bits per heavy atom. The molecule has 1 aromatic rings. The van der Waals surface area contributed by atoms with Crippen LogP contribution in [0, 0.1) is 5.92 Å². The summed E-state index contributed by atoms with van der Waals surface area (Å²) in [7, 11) is 5.15. The molecule has 0 atom stereocenters. The molecule has 0 aromatic heterocycles. The fourth-order valence-electron chi connectivity index (χ4n) is 2.04. The van der Waals surface area contributed by atoms with Crippen molar-refractivity contribution in [1.29, 1.82) is 0 Å². The summed E-state index contributed by atoms with van der Waals surface area (Å²) in [5, 5.41) is 9.83. The molecule has 0 aliphatic rings. The highest BCUT2D eigenvalue weighted by Crippen LogP contribution is 2.37. The number of phenols is 1. The smallest absolute Gasteiger partial charge is 0.200 e. The van der Waals surface area contributed by atoms with Gasteiger partial charge in [-0.1, -0.05) is 13.8 Å². The number of benzene rings is 1. The second-order valence-corrected chi connectivity index (χ2v) is 4.94. The highest BCUT2D eigenvalue weighted by atomic mass is 16.5. The van der Waals surface area contributed by atoms with Gasteiger partial charge in [-0.25, -0.2) is 0 Å². The molecule has 0 saturated heterocycles. The molecule has 0 spiro atoms. The van der Waals surface area contributed by atoms with Crippen LogP contribution in [0.4, 0.5) is 0 Å². The summed E-state index contributed by atoms with van der Waals surface area (Å²) in [6, 6.07) is 3.68. The number of phenolic OH excluding ortho intramolecular Hbond substituents is 1. The molecule has 1 N–H and O–H groups in total. The van der Waals surface area contributed by atoms with Gasteiger partial charge in [0.15, 0.2) is 11.5 Å². The molecule has 0 aliphatic heterocycles. The van der Waals surface area contributed by atoms with Crippen LogP contribution >= 0.6 is 0 Å². The Balaban J connectivity index is 2.89. The second-order valence-electron chi connectivity index (χ2n) is 4.94. The second kappa shape index (κ2) is 6.50. The number of aromatic hydroxyl groups is 1. The monoisotopic (exact) mass is 253 g/mol. The summed E-state index contributed by atoms with van der Waals surface area (Å²) >= 11 is 0. The minimum Gasteiger partial charge on any atom is -0.502 e. The first-order valence-electron chi connectivity index (χ1n) is 6.10. The number of hydrogen-bond donors (Lipinski definition) is 1. The third-order valence-corrected chi connectivity index (χ3v) is 2.67. The normalized spacial score (nSPS) is 11.1. The van der Waals surface area contributed by atoms with Crippen molar-refractivity contribution < 1.29 is 14.6 Å². The lowest BCUT2D eigenvalue weighted by molar-refractivity contribution is 0.286. The number of ether oxygens (including phenoxy) is 2. The Morgan fingerprint density at radius 3 is 2.06 bits per heavy atom. The van der Waals surface area contributed by atoms with Gasteiger partial charge >= 0.3 is 0 Å². The van der Waals surface area contributed by atoms with Crippen molar-refractivity contribution in [2.45, 2.75) is 20.4 Å². The molecule has 0 radical (unpaired) electrons. The van der Waals surface area contributed by atoms with Crippen LogP contribution in [0.5, 0.6) is 17.2 Å². The van der Waals surface area contributed by atoms with Crippen LogP contribution in [0.2, 0.25) is 0 Å². The van der Waals surface area contributed by atoms with Gasteiger partial charge in [0.25, 0.3) is 0 Å². The van der Waals surface area contributed by atoms with Crippen LogP contribution < -0.4 is 9.47 Å². The van der Waals surface area contributed by atoms with Crippen LogP contribution in [-0.4, -0.2) is 37.8 Å². The average Bonchev–Trinajstić information content (AvgIpc) is 2.29. The van der Waals surface area contributed by atoms with Gasteiger partial charge in [-0.2, -0.15) is 0 Å². The van der Waals surface area contributed by atoms with E-state index >= 15 is 0 Å². The number of methoxy groups -OCH3 is 2. The Bertz CT molecular complexity index is 366. The van der Waals surface area contributed by atoms with E-state index in [4.69, 9.17) is 9.47 Å². The van der Waals surface area contributed by atoms with Crippen LogP contribution in [0.1, 0.15) is 19.4 Å². The fraction of sp³-hybridized carbons (Fsp3) is 0.571. The number of rotatable bonds is 6. The highest BCUT2D eigenvalue weighted by Gasteiger charge is 2.12. The van der Waals surface area contributed by atoms with E-state index in [2.05, 4.69) is 25.8 Å². The van der Waals surface area contributed by atoms with E-state index in [0.29, 0.717) is 17.4 Å². The molecule has 0 heterocycles. The van der Waals surface area contributed by atoms with Gasteiger partial charge < -0.3 is 19.5 Å². The first kappa shape index (κ1) is 14.6. The molecule has 0 amide bonds. The van der Waals surface area contributed by atoms with E-state index in [9.17, 15) is 5.11 Å². The topological polar surface area (TPSA) is 41.9 Å². The maximum Gasteiger partial charge on any atom is 0.200 e. The van der Waals surface area contributed by atoms with Gasteiger partial charge in [-0.05, 0) is 30.7 Å². The molecule has 0 aliphatic carbocycles. The lowest BCUT2D eigenvalue weighted by atomic mass is 10.1. The van der Waals surface area contributed by atoms with Crippen molar-refractivity contribution in [3.63, 3.8) is 0 Å². The highest BCUT2D eigenvalue weighted by molar-refractivity contribution is 5.52. The minimum absolute atomic E-state index is 0.0512. The molecule has 0 unspecified atom stereocenters. The SMILES string of the molecule is COc1cc(CN(C)CC(C)C)cc(OC)c1O. The Kier molecular flexibility index (Phi) is 5.28. The first-order chi connectivity index (χ1) is 8.47. The van der Waals surface area contributed by atoms with Crippen molar-refractivity contribution in [2.24, 2.45) is 5.92 Å². The molecule has 0 saturated carbocycles. The van der Waals surface area contributed by atoms with E-state index < -0.39 is 0 Å². The fourth-order valence-corrected chi connectivity index (χ4v) is 2.04. The lowest BCUT2D eigenvalue weighted by Gasteiger charge is -2.20. The lowest BCUT2D eigenvalue weighted by Crippen LogP contribution is -2.22. The molecular formula is C14H23NO3. The molecule has 1 rings (SSSR count). The summed E-state index contributed by atoms with van der Waals surface area (Å²) < 4.78 is 10.3. The third kappa shape index (κ3) is 3.81. The maximum atomic E-state index is 9.83. The average molecular weight is 253 g/mol. The van der Waals surface area contributed by atoms with Gasteiger partial charge in [-0.15, -0.1) is 0 Å². The van der Waals surface area contributed by atoms with E-state index in [1.165, 1.54) is 14.2 Å². The van der Waals surface area contributed by atoms with Crippen LogP contribution in [0.15, 0.2) is 12.1 Å². The Labute approximate surface area is 109 Å². The zero-order chi connectivity index (χ0) is 13.7. The molecule has 4 nitrogen and oxygen atoms in total. The Morgan fingerprint density at radius 1 is 1.17 bits per heavy atom. The van der Waals surface area contributed by atoms with E-state index in [1.54, 1.807) is 0 Å². The summed E-state index contributed by atoms with van der Waals surface area (Å²) in [6.45, 7) is 6.19. The minimum atomic E-state index is 0.0512. The molecule has 1 aromatic carbocycles. The summed E-state index contributed by atoms with van der Waals surface area (Å²) in [6.07, 6.45) is 0. The van der Waals surface area contributed by atoms with Crippen LogP contribution in [0.3, 0.4) is 0 Å². The molecule has 102 valence electrons. The van der Waals surface area contributed by atoms with Crippen molar-refractivity contribution in [1.82, 2.24) is 4.90 Å². The molecular weight excluding hydrogens is 230 g/mol. The number of hydrogen-bond acceptors (Lipinski definition) is 4. The predicted octanol–water partition coefficient (Wildman–Crippen LogP) is 2.50. The third-order valence-electron chi connectivity index (χ3n) is 2.67. The predicted molar refractivity (Wildman–Crippen MR) is 72.4 cm³/mol.